The molecule has 1 N–H and O–H groups in total. The van der Waals surface area contributed by atoms with E-state index in [1.807, 2.05) is 13.8 Å². The minimum Gasteiger partial charge on any atom is -0.507 e. The zero-order chi connectivity index (χ0) is 19.9. The molecule has 1 aromatic carbocycles. The smallest absolute Gasteiger partial charge is 0.332 e. The van der Waals surface area contributed by atoms with Gasteiger partial charge >= 0.3 is 5.69 Å². The van der Waals surface area contributed by atoms with Crippen LogP contribution >= 0.6 is 11.6 Å². The number of halogens is 1. The molecule has 2 aromatic heterocycles. The molecule has 0 atom stereocenters. The normalized spacial score (nSPS) is 11.3. The van der Waals surface area contributed by atoms with Crippen molar-refractivity contribution in [2.45, 2.75) is 20.4 Å². The molecule has 140 valence electrons. The van der Waals surface area contributed by atoms with Gasteiger partial charge in [-0.1, -0.05) is 25.4 Å². The highest BCUT2D eigenvalue weighted by molar-refractivity contribution is 6.31. The van der Waals surface area contributed by atoms with E-state index in [4.69, 9.17) is 11.6 Å². The summed E-state index contributed by atoms with van der Waals surface area (Å²) in [5.74, 6) is -0.579. The number of aromatic hydroxyl groups is 1. The third kappa shape index (κ3) is 3.38. The fraction of sp³-hybridized carbons (Fsp3) is 0.263. The summed E-state index contributed by atoms with van der Waals surface area (Å²) < 4.78 is 2.42. The molecule has 0 aliphatic rings. The van der Waals surface area contributed by atoms with Gasteiger partial charge in [0.05, 0.1) is 10.9 Å². The number of aromatic nitrogens is 3. The second-order valence-corrected chi connectivity index (χ2v) is 7.17. The summed E-state index contributed by atoms with van der Waals surface area (Å²) in [5.41, 5.74) is -0.640. The Hall–Kier alpha value is -2.93. The van der Waals surface area contributed by atoms with Crippen molar-refractivity contribution in [3.05, 3.63) is 67.4 Å². The van der Waals surface area contributed by atoms with Crippen molar-refractivity contribution in [3.8, 4) is 5.75 Å². The Kier molecular flexibility index (Phi) is 4.89. The van der Waals surface area contributed by atoms with Gasteiger partial charge in [-0.2, -0.15) is 0 Å². The van der Waals surface area contributed by atoms with Crippen LogP contribution in [0.4, 0.5) is 0 Å². The van der Waals surface area contributed by atoms with Gasteiger partial charge in [0.2, 0.25) is 0 Å². The quantitative estimate of drug-likeness (QED) is 0.693. The molecule has 0 saturated carbocycles. The molecule has 0 saturated heterocycles. The number of hydrogen-bond acceptors (Lipinski definition) is 5. The van der Waals surface area contributed by atoms with E-state index in [-0.39, 0.29) is 33.8 Å². The second kappa shape index (κ2) is 7.00. The lowest BCUT2D eigenvalue weighted by molar-refractivity contribution is 0.103. The van der Waals surface area contributed by atoms with Gasteiger partial charge in [0.25, 0.3) is 5.56 Å². The van der Waals surface area contributed by atoms with Crippen LogP contribution in [0.15, 0.2) is 40.1 Å². The Bertz CT molecular complexity index is 1180. The van der Waals surface area contributed by atoms with Crippen molar-refractivity contribution >= 4 is 28.4 Å². The first-order chi connectivity index (χ1) is 12.7. The highest BCUT2D eigenvalue weighted by Gasteiger charge is 2.18. The minimum absolute atomic E-state index is 0.0102. The van der Waals surface area contributed by atoms with Gasteiger partial charge in [-0.3, -0.25) is 18.7 Å². The molecule has 0 unspecified atom stereocenters. The summed E-state index contributed by atoms with van der Waals surface area (Å²) in [5, 5.41) is 10.4. The number of carbonyl (C=O) groups is 1. The van der Waals surface area contributed by atoms with Crippen LogP contribution in [-0.4, -0.2) is 25.0 Å². The van der Waals surface area contributed by atoms with Crippen molar-refractivity contribution in [1.29, 1.82) is 0 Å². The molecule has 0 bridgehead atoms. The highest BCUT2D eigenvalue weighted by atomic mass is 35.5. The summed E-state index contributed by atoms with van der Waals surface area (Å²) in [6, 6.07) is 5.53. The molecule has 7 nitrogen and oxygen atoms in total. The number of phenols is 1. The maximum absolute atomic E-state index is 12.8. The maximum atomic E-state index is 12.8. The van der Waals surface area contributed by atoms with E-state index in [9.17, 15) is 19.5 Å². The molecule has 3 rings (SSSR count). The van der Waals surface area contributed by atoms with Crippen molar-refractivity contribution in [2.24, 2.45) is 13.0 Å². The summed E-state index contributed by atoms with van der Waals surface area (Å²) >= 11 is 5.91. The highest BCUT2D eigenvalue weighted by Crippen LogP contribution is 2.24. The molecule has 27 heavy (non-hydrogen) atoms. The number of ketones is 1. The molecule has 0 radical (unpaired) electrons. The van der Waals surface area contributed by atoms with Crippen molar-refractivity contribution in [3.63, 3.8) is 0 Å². The van der Waals surface area contributed by atoms with Crippen LogP contribution in [0.5, 0.6) is 5.75 Å². The predicted molar refractivity (Wildman–Crippen MR) is 103 cm³/mol. The van der Waals surface area contributed by atoms with Gasteiger partial charge in [-0.05, 0) is 30.2 Å². The fourth-order valence-corrected chi connectivity index (χ4v) is 3.04. The zero-order valence-corrected chi connectivity index (χ0v) is 15.8. The molecule has 0 fully saturated rings. The van der Waals surface area contributed by atoms with Crippen LogP contribution in [0.2, 0.25) is 5.02 Å². The SMILES string of the molecule is CC(C)Cn1c(=O)n(C)c(=O)c2cc(C(=O)c3cc(Cl)ccc3O)cnc21. The van der Waals surface area contributed by atoms with Gasteiger partial charge < -0.3 is 5.11 Å². The van der Waals surface area contributed by atoms with E-state index in [1.54, 1.807) is 0 Å². The number of nitrogens with zero attached hydrogens (tertiary/aromatic N) is 3. The van der Waals surface area contributed by atoms with E-state index in [2.05, 4.69) is 4.98 Å². The number of fused-ring (bicyclic) bond motifs is 1. The molecule has 0 amide bonds. The Morgan fingerprint density at radius 1 is 1.26 bits per heavy atom. The summed E-state index contributed by atoms with van der Waals surface area (Å²) in [6.07, 6.45) is 1.29. The predicted octanol–water partition coefficient (Wildman–Crippen LogP) is 2.34. The second-order valence-electron chi connectivity index (χ2n) is 6.74. The van der Waals surface area contributed by atoms with Gasteiger partial charge in [0, 0.05) is 30.4 Å². The monoisotopic (exact) mass is 387 g/mol. The average Bonchev–Trinajstić information content (AvgIpc) is 2.64. The van der Waals surface area contributed by atoms with Crippen LogP contribution in [0, 0.1) is 5.92 Å². The minimum atomic E-state index is -0.535. The Morgan fingerprint density at radius 2 is 1.96 bits per heavy atom. The van der Waals surface area contributed by atoms with Crippen LogP contribution in [-0.2, 0) is 13.6 Å². The molecular weight excluding hydrogens is 370 g/mol. The van der Waals surface area contributed by atoms with Gasteiger partial charge in [0.1, 0.15) is 11.4 Å². The van der Waals surface area contributed by atoms with Crippen molar-refractivity contribution in [2.75, 3.05) is 0 Å². The molecule has 2 heterocycles. The van der Waals surface area contributed by atoms with Crippen LogP contribution < -0.4 is 11.2 Å². The van der Waals surface area contributed by atoms with Crippen LogP contribution in [0.1, 0.15) is 29.8 Å². The lowest BCUT2D eigenvalue weighted by Crippen LogP contribution is -2.39. The van der Waals surface area contributed by atoms with E-state index in [0.29, 0.717) is 11.6 Å². The summed E-state index contributed by atoms with van der Waals surface area (Å²) in [6.45, 7) is 4.28. The first kappa shape index (κ1) is 18.8. The van der Waals surface area contributed by atoms with E-state index < -0.39 is 17.0 Å². The van der Waals surface area contributed by atoms with E-state index in [0.717, 1.165) is 4.57 Å². The third-order valence-electron chi connectivity index (χ3n) is 4.19. The van der Waals surface area contributed by atoms with Crippen LogP contribution in [0.3, 0.4) is 0 Å². The number of pyridine rings is 1. The fourth-order valence-electron chi connectivity index (χ4n) is 2.87. The van der Waals surface area contributed by atoms with E-state index in [1.165, 1.54) is 42.1 Å². The number of benzene rings is 1. The molecule has 0 aliphatic carbocycles. The van der Waals surface area contributed by atoms with Gasteiger partial charge in [-0.25, -0.2) is 9.78 Å². The number of phenolic OH excluding ortho intramolecular Hbond substituents is 1. The molecule has 0 aliphatic heterocycles. The Morgan fingerprint density at radius 3 is 2.63 bits per heavy atom. The molecule has 3 aromatic rings. The topological polar surface area (TPSA) is 94.2 Å². The average molecular weight is 388 g/mol. The first-order valence-electron chi connectivity index (χ1n) is 8.33. The van der Waals surface area contributed by atoms with Gasteiger partial charge in [-0.15, -0.1) is 0 Å². The lowest BCUT2D eigenvalue weighted by Gasteiger charge is -2.13. The number of rotatable bonds is 4. The Labute approximate surface area is 159 Å². The van der Waals surface area contributed by atoms with Crippen molar-refractivity contribution in [1.82, 2.24) is 14.1 Å². The largest absolute Gasteiger partial charge is 0.507 e. The standard InChI is InChI=1S/C19H18ClN3O4/c1-10(2)9-23-17-14(18(26)22(3)19(23)27)6-11(8-21-17)16(25)13-7-12(20)4-5-15(13)24/h4-8,10,24H,9H2,1-3H3. The summed E-state index contributed by atoms with van der Waals surface area (Å²) in [4.78, 5) is 41.9. The molecule has 8 heteroatoms. The maximum Gasteiger partial charge on any atom is 0.332 e. The van der Waals surface area contributed by atoms with Crippen LogP contribution in [0.25, 0.3) is 11.0 Å². The number of carbonyl (C=O) groups excluding carboxylic acids is 1. The lowest BCUT2D eigenvalue weighted by atomic mass is 10.0. The zero-order valence-electron chi connectivity index (χ0n) is 15.1. The van der Waals surface area contributed by atoms with Crippen molar-refractivity contribution < 1.29 is 9.90 Å². The number of hydrogen-bond donors (Lipinski definition) is 1. The summed E-state index contributed by atoms with van der Waals surface area (Å²) in [7, 11) is 1.39. The Balaban J connectivity index is 2.24. The first-order valence-corrected chi connectivity index (χ1v) is 8.71. The molecular formula is C19H18ClN3O4. The third-order valence-corrected chi connectivity index (χ3v) is 4.42. The van der Waals surface area contributed by atoms with Gasteiger partial charge in [0.15, 0.2) is 5.78 Å². The molecule has 0 spiro atoms. The van der Waals surface area contributed by atoms with E-state index >= 15 is 0 Å².